The number of aromatic nitrogens is 2. The molecule has 1 unspecified atom stereocenters. The van der Waals surface area contributed by atoms with Gasteiger partial charge in [0, 0.05) is 17.5 Å². The summed E-state index contributed by atoms with van der Waals surface area (Å²) in [6, 6.07) is 7.68. The van der Waals surface area contributed by atoms with Gasteiger partial charge in [-0.25, -0.2) is 9.97 Å². The fraction of sp³-hybridized carbons (Fsp3) is 0.176. The molecular weight excluding hydrogens is 468 g/mol. The second kappa shape index (κ2) is 7.26. The largest absolute Gasteiger partial charge is 0.494 e. The van der Waals surface area contributed by atoms with Crippen LogP contribution in [0.1, 0.15) is 23.1 Å². The van der Waals surface area contributed by atoms with E-state index in [0.717, 1.165) is 14.5 Å². The molecule has 1 atom stereocenters. The molecule has 26 heavy (non-hydrogen) atoms. The van der Waals surface area contributed by atoms with Crippen LogP contribution < -0.4 is 10.5 Å². The maximum Gasteiger partial charge on any atom is 0.271 e. The zero-order chi connectivity index (χ0) is 19.0. The molecule has 0 saturated heterocycles. The summed E-state index contributed by atoms with van der Waals surface area (Å²) in [6.45, 7) is 1.73. The topological polar surface area (TPSA) is 104 Å². The number of nitro groups is 1. The van der Waals surface area contributed by atoms with Crippen LogP contribution in [0.5, 0.6) is 5.75 Å². The van der Waals surface area contributed by atoms with E-state index in [1.807, 2.05) is 12.1 Å². The van der Waals surface area contributed by atoms with E-state index >= 15 is 0 Å². The van der Waals surface area contributed by atoms with Crippen molar-refractivity contribution in [2.45, 2.75) is 13.0 Å². The Labute approximate surface area is 166 Å². The molecule has 1 aromatic heterocycles. The van der Waals surface area contributed by atoms with E-state index in [9.17, 15) is 10.1 Å². The molecule has 9 heteroatoms. The number of aryl methyl sites for hydroxylation is 1. The van der Waals surface area contributed by atoms with Crippen LogP contribution in [0.2, 0.25) is 0 Å². The van der Waals surface area contributed by atoms with Crippen LogP contribution in [0.4, 0.5) is 5.69 Å². The van der Waals surface area contributed by atoms with Crippen molar-refractivity contribution >= 4 is 48.5 Å². The standard InChI is InChI=1S/C17H14Br2N4O3/c1-8-21-14-7-10(23(24)25)3-4-11(14)16(22-8)15(20)9-5-12(18)17(26-2)13(19)6-9/h3-7,15H,20H2,1-2H3. The summed E-state index contributed by atoms with van der Waals surface area (Å²) >= 11 is 6.94. The molecule has 0 aliphatic carbocycles. The smallest absolute Gasteiger partial charge is 0.271 e. The van der Waals surface area contributed by atoms with Gasteiger partial charge in [-0.1, -0.05) is 0 Å². The maximum atomic E-state index is 11.0. The van der Waals surface area contributed by atoms with Crippen molar-refractivity contribution in [2.24, 2.45) is 5.73 Å². The van der Waals surface area contributed by atoms with E-state index < -0.39 is 11.0 Å². The highest BCUT2D eigenvalue weighted by atomic mass is 79.9. The highest BCUT2D eigenvalue weighted by molar-refractivity contribution is 9.11. The minimum atomic E-state index is -0.542. The summed E-state index contributed by atoms with van der Waals surface area (Å²) < 4.78 is 6.83. The van der Waals surface area contributed by atoms with Gasteiger partial charge in [-0.05, 0) is 62.5 Å². The first-order chi connectivity index (χ1) is 12.3. The van der Waals surface area contributed by atoms with Gasteiger partial charge < -0.3 is 10.5 Å². The number of hydrogen-bond acceptors (Lipinski definition) is 6. The van der Waals surface area contributed by atoms with Crippen LogP contribution in [0.15, 0.2) is 39.3 Å². The molecule has 0 aliphatic heterocycles. The molecule has 2 aromatic carbocycles. The molecule has 7 nitrogen and oxygen atoms in total. The van der Waals surface area contributed by atoms with Crippen LogP contribution in [-0.4, -0.2) is 22.0 Å². The van der Waals surface area contributed by atoms with E-state index in [2.05, 4.69) is 41.8 Å². The average molecular weight is 482 g/mol. The van der Waals surface area contributed by atoms with E-state index in [-0.39, 0.29) is 5.69 Å². The Morgan fingerprint density at radius 1 is 1.19 bits per heavy atom. The number of rotatable bonds is 4. The molecule has 0 saturated carbocycles. The second-order valence-corrected chi connectivity index (χ2v) is 7.32. The Morgan fingerprint density at radius 3 is 2.42 bits per heavy atom. The summed E-state index contributed by atoms with van der Waals surface area (Å²) in [4.78, 5) is 19.4. The third kappa shape index (κ3) is 3.42. The van der Waals surface area contributed by atoms with Crippen molar-refractivity contribution in [3.8, 4) is 5.75 Å². The number of halogens is 2. The lowest BCUT2D eigenvalue weighted by Crippen LogP contribution is -2.15. The lowest BCUT2D eigenvalue weighted by atomic mass is 10.0. The van der Waals surface area contributed by atoms with Crippen LogP contribution in [-0.2, 0) is 0 Å². The van der Waals surface area contributed by atoms with E-state index in [0.29, 0.717) is 28.2 Å². The van der Waals surface area contributed by atoms with E-state index in [1.54, 1.807) is 20.1 Å². The number of methoxy groups -OCH3 is 1. The fourth-order valence-electron chi connectivity index (χ4n) is 2.73. The van der Waals surface area contributed by atoms with Gasteiger partial charge in [-0.15, -0.1) is 0 Å². The monoisotopic (exact) mass is 480 g/mol. The number of fused-ring (bicyclic) bond motifs is 1. The molecule has 0 aliphatic rings. The van der Waals surface area contributed by atoms with Crippen LogP contribution in [0.25, 0.3) is 10.9 Å². The number of benzene rings is 2. The Morgan fingerprint density at radius 2 is 1.85 bits per heavy atom. The number of nitrogens with zero attached hydrogens (tertiary/aromatic N) is 3. The molecule has 0 fully saturated rings. The lowest BCUT2D eigenvalue weighted by Gasteiger charge is -2.17. The molecule has 0 radical (unpaired) electrons. The summed E-state index contributed by atoms with van der Waals surface area (Å²) in [5.41, 5.74) is 8.35. The quantitative estimate of drug-likeness (QED) is 0.436. The minimum absolute atomic E-state index is 0.0231. The van der Waals surface area contributed by atoms with Crippen molar-refractivity contribution in [1.29, 1.82) is 0 Å². The first kappa shape index (κ1) is 18.7. The Bertz CT molecular complexity index is 1000. The molecule has 3 aromatic rings. The van der Waals surface area contributed by atoms with Gasteiger partial charge in [-0.3, -0.25) is 10.1 Å². The van der Waals surface area contributed by atoms with Crippen molar-refractivity contribution in [1.82, 2.24) is 9.97 Å². The number of nitrogens with two attached hydrogens (primary N) is 1. The summed E-state index contributed by atoms with van der Waals surface area (Å²) in [5, 5.41) is 11.7. The molecule has 0 bridgehead atoms. The minimum Gasteiger partial charge on any atom is -0.494 e. The second-order valence-electron chi connectivity index (χ2n) is 5.61. The van der Waals surface area contributed by atoms with Crippen molar-refractivity contribution in [3.05, 3.63) is 66.5 Å². The number of non-ortho nitro benzene ring substituents is 1. The third-order valence-corrected chi connectivity index (χ3v) is 5.09. The van der Waals surface area contributed by atoms with Gasteiger partial charge in [0.25, 0.3) is 5.69 Å². The summed E-state index contributed by atoms with van der Waals surface area (Å²) in [6.07, 6.45) is 0. The third-order valence-electron chi connectivity index (χ3n) is 3.91. The molecule has 134 valence electrons. The van der Waals surface area contributed by atoms with Gasteiger partial charge in [0.2, 0.25) is 0 Å². The number of nitro benzene ring substituents is 1. The summed E-state index contributed by atoms with van der Waals surface area (Å²) in [7, 11) is 1.58. The van der Waals surface area contributed by atoms with Crippen molar-refractivity contribution in [3.63, 3.8) is 0 Å². The molecule has 3 rings (SSSR count). The van der Waals surface area contributed by atoms with Gasteiger partial charge in [0.05, 0.1) is 38.2 Å². The predicted molar refractivity (Wildman–Crippen MR) is 105 cm³/mol. The number of ether oxygens (including phenoxy) is 1. The zero-order valence-electron chi connectivity index (χ0n) is 13.9. The van der Waals surface area contributed by atoms with E-state index in [4.69, 9.17) is 10.5 Å². The Hall–Kier alpha value is -2.10. The molecule has 1 heterocycles. The molecule has 0 spiro atoms. The Balaban J connectivity index is 2.17. The van der Waals surface area contributed by atoms with Gasteiger partial charge >= 0.3 is 0 Å². The van der Waals surface area contributed by atoms with Crippen LogP contribution in [0.3, 0.4) is 0 Å². The van der Waals surface area contributed by atoms with Gasteiger partial charge in [0.1, 0.15) is 11.6 Å². The predicted octanol–water partition coefficient (Wildman–Crippen LogP) is 4.43. The average Bonchev–Trinajstić information content (AvgIpc) is 2.59. The van der Waals surface area contributed by atoms with E-state index in [1.165, 1.54) is 12.1 Å². The molecular formula is C17H14Br2N4O3. The van der Waals surface area contributed by atoms with Crippen molar-refractivity contribution in [2.75, 3.05) is 7.11 Å². The van der Waals surface area contributed by atoms with Gasteiger partial charge in [-0.2, -0.15) is 0 Å². The maximum absolute atomic E-state index is 11.0. The highest BCUT2D eigenvalue weighted by Crippen LogP contribution is 2.37. The van der Waals surface area contributed by atoms with Gasteiger partial charge in [0.15, 0.2) is 0 Å². The van der Waals surface area contributed by atoms with Crippen molar-refractivity contribution < 1.29 is 9.66 Å². The van der Waals surface area contributed by atoms with Crippen LogP contribution in [0, 0.1) is 17.0 Å². The first-order valence-corrected chi connectivity index (χ1v) is 9.11. The number of hydrogen-bond donors (Lipinski definition) is 1. The highest BCUT2D eigenvalue weighted by Gasteiger charge is 2.20. The summed E-state index contributed by atoms with van der Waals surface area (Å²) in [5.74, 6) is 1.16. The zero-order valence-corrected chi connectivity index (χ0v) is 17.0. The molecule has 0 amide bonds. The van der Waals surface area contributed by atoms with Crippen LogP contribution >= 0.6 is 31.9 Å². The molecule has 2 N–H and O–H groups in total. The SMILES string of the molecule is COc1c(Br)cc(C(N)c2nc(C)nc3cc([N+](=O)[O-])ccc23)cc1Br. The normalized spacial score (nSPS) is 12.2. The lowest BCUT2D eigenvalue weighted by molar-refractivity contribution is -0.384. The Kier molecular flexibility index (Phi) is 5.22. The first-order valence-electron chi connectivity index (χ1n) is 7.53. The fourth-order valence-corrected chi connectivity index (χ4v) is 4.27.